The van der Waals surface area contributed by atoms with E-state index in [2.05, 4.69) is 20.8 Å². The first-order valence-corrected chi connectivity index (χ1v) is 12.7. The van der Waals surface area contributed by atoms with Crippen LogP contribution in [-0.2, 0) is 14.4 Å². The molecule has 10 atom stereocenters. The summed E-state index contributed by atoms with van der Waals surface area (Å²) in [5.74, 6) is -1.05. The Labute approximate surface area is 191 Å². The second kappa shape index (κ2) is 8.32. The van der Waals surface area contributed by atoms with E-state index >= 15 is 0 Å². The number of hydrogen-bond acceptors (Lipinski definition) is 3. The first kappa shape index (κ1) is 23.6. The normalized spacial score (nSPS) is 46.4. The maximum atomic E-state index is 12.5. The van der Waals surface area contributed by atoms with Crippen LogP contribution in [0.3, 0.4) is 0 Å². The lowest BCUT2D eigenvalue weighted by Crippen LogP contribution is -2.58. The summed E-state index contributed by atoms with van der Waals surface area (Å²) in [6.45, 7) is 6.88. The van der Waals surface area contributed by atoms with E-state index in [1.165, 1.54) is 0 Å². The Bertz CT molecular complexity index is 778. The van der Waals surface area contributed by atoms with Gasteiger partial charge in [-0.15, -0.1) is 0 Å². The fourth-order valence-electron chi connectivity index (χ4n) is 9.28. The van der Waals surface area contributed by atoms with E-state index in [-0.39, 0.29) is 40.9 Å². The number of fused-ring (bicyclic) bond motifs is 5. The second-order valence-electron chi connectivity index (χ2n) is 12.1. The Morgan fingerprint density at radius 1 is 0.875 bits per heavy atom. The van der Waals surface area contributed by atoms with Crippen LogP contribution < -0.4 is 0 Å². The van der Waals surface area contributed by atoms with E-state index in [1.807, 2.05) is 0 Å². The Morgan fingerprint density at radius 2 is 1.53 bits per heavy atom. The standard InChI is InChI=1S/C26H40O6/c1-14(4-7-21(27)28)18-5-6-19-22-17(24(31)32)13-16-12-15(23(29)30)8-10-25(16,2)20(22)9-11-26(18,19)3/h14-20,22H,4-13H2,1-3H3,(H,27,28)(H,29,30)(H,31,32)/t14-,15+,16-,17+,18+,19-,20+,22+,25-,26+/m0/s1. The molecular weight excluding hydrogens is 408 g/mol. The smallest absolute Gasteiger partial charge is 0.306 e. The van der Waals surface area contributed by atoms with Crippen LogP contribution in [0.15, 0.2) is 0 Å². The SMILES string of the molecule is C[C@@H](CCC(=O)O)[C@H]1CC[C@H]2[C@@H]3[C@@H](CC[C@]12C)[C@@]1(C)CC[C@@H](C(=O)O)C[C@H]1C[C@H]3C(=O)O. The van der Waals surface area contributed by atoms with Crippen LogP contribution in [0, 0.1) is 58.2 Å². The lowest BCUT2D eigenvalue weighted by atomic mass is 9.41. The van der Waals surface area contributed by atoms with Crippen LogP contribution in [0.5, 0.6) is 0 Å². The predicted octanol–water partition coefficient (Wildman–Crippen LogP) is 5.16. The number of carboxylic acid groups (broad SMARTS) is 3. The number of rotatable bonds is 6. The monoisotopic (exact) mass is 448 g/mol. The molecule has 0 aliphatic heterocycles. The molecule has 6 nitrogen and oxygen atoms in total. The van der Waals surface area contributed by atoms with Crippen molar-refractivity contribution in [2.75, 3.05) is 0 Å². The molecule has 0 amide bonds. The van der Waals surface area contributed by atoms with Gasteiger partial charge in [0.2, 0.25) is 0 Å². The molecule has 0 spiro atoms. The molecule has 32 heavy (non-hydrogen) atoms. The summed E-state index contributed by atoms with van der Waals surface area (Å²) in [6.07, 6.45) is 7.94. The Balaban J connectivity index is 1.61. The quantitative estimate of drug-likeness (QED) is 0.517. The molecule has 6 heteroatoms. The summed E-state index contributed by atoms with van der Waals surface area (Å²) in [4.78, 5) is 35.3. The number of aliphatic carboxylic acids is 3. The van der Waals surface area contributed by atoms with Gasteiger partial charge in [0.15, 0.2) is 0 Å². The van der Waals surface area contributed by atoms with Crippen LogP contribution >= 0.6 is 0 Å². The molecule has 0 heterocycles. The minimum atomic E-state index is -0.741. The van der Waals surface area contributed by atoms with Gasteiger partial charge in [0.05, 0.1) is 11.8 Å². The van der Waals surface area contributed by atoms with Gasteiger partial charge in [-0.1, -0.05) is 20.8 Å². The average molecular weight is 449 g/mol. The largest absolute Gasteiger partial charge is 0.481 e. The topological polar surface area (TPSA) is 112 Å². The van der Waals surface area contributed by atoms with E-state index in [0.717, 1.165) is 32.1 Å². The Morgan fingerprint density at radius 3 is 2.16 bits per heavy atom. The molecule has 180 valence electrons. The molecule has 4 saturated carbocycles. The van der Waals surface area contributed by atoms with Gasteiger partial charge in [-0.3, -0.25) is 14.4 Å². The van der Waals surface area contributed by atoms with Crippen molar-refractivity contribution < 1.29 is 29.7 Å². The molecule has 4 aliphatic carbocycles. The highest BCUT2D eigenvalue weighted by Crippen LogP contribution is 2.69. The summed E-state index contributed by atoms with van der Waals surface area (Å²) >= 11 is 0. The van der Waals surface area contributed by atoms with Crippen molar-refractivity contribution >= 4 is 17.9 Å². The maximum absolute atomic E-state index is 12.5. The lowest BCUT2D eigenvalue weighted by molar-refractivity contribution is -0.176. The molecule has 0 aromatic rings. The van der Waals surface area contributed by atoms with E-state index in [9.17, 15) is 24.6 Å². The molecule has 0 bridgehead atoms. The third-order valence-corrected chi connectivity index (χ3v) is 11.0. The van der Waals surface area contributed by atoms with Crippen molar-refractivity contribution in [3.8, 4) is 0 Å². The van der Waals surface area contributed by atoms with E-state index in [1.54, 1.807) is 0 Å². The van der Waals surface area contributed by atoms with Gasteiger partial charge in [0.1, 0.15) is 0 Å². The summed E-state index contributed by atoms with van der Waals surface area (Å²) in [7, 11) is 0. The number of carbonyl (C=O) groups is 3. The van der Waals surface area contributed by atoms with Crippen LogP contribution in [0.1, 0.15) is 85.0 Å². The van der Waals surface area contributed by atoms with Gasteiger partial charge in [-0.2, -0.15) is 0 Å². The van der Waals surface area contributed by atoms with Gasteiger partial charge < -0.3 is 15.3 Å². The molecule has 4 rings (SSSR count). The van der Waals surface area contributed by atoms with E-state index in [4.69, 9.17) is 5.11 Å². The summed E-state index contributed by atoms with van der Waals surface area (Å²) in [5.41, 5.74) is 0.116. The maximum Gasteiger partial charge on any atom is 0.306 e. The summed E-state index contributed by atoms with van der Waals surface area (Å²) in [5, 5.41) is 29.0. The van der Waals surface area contributed by atoms with Gasteiger partial charge in [-0.25, -0.2) is 0 Å². The minimum absolute atomic E-state index is 0.0386. The van der Waals surface area contributed by atoms with Gasteiger partial charge in [0, 0.05) is 6.42 Å². The van der Waals surface area contributed by atoms with Crippen LogP contribution in [-0.4, -0.2) is 33.2 Å². The van der Waals surface area contributed by atoms with Crippen molar-refractivity contribution in [1.29, 1.82) is 0 Å². The molecule has 3 N–H and O–H groups in total. The second-order valence-corrected chi connectivity index (χ2v) is 12.1. The third-order valence-electron chi connectivity index (χ3n) is 11.0. The van der Waals surface area contributed by atoms with E-state index in [0.29, 0.717) is 49.4 Å². The van der Waals surface area contributed by atoms with Crippen molar-refractivity contribution in [3.05, 3.63) is 0 Å². The summed E-state index contributed by atoms with van der Waals surface area (Å²) < 4.78 is 0. The van der Waals surface area contributed by atoms with Gasteiger partial charge >= 0.3 is 17.9 Å². The highest BCUT2D eigenvalue weighted by molar-refractivity contribution is 5.72. The van der Waals surface area contributed by atoms with Crippen molar-refractivity contribution in [2.45, 2.75) is 85.0 Å². The molecule has 0 aromatic heterocycles. The molecule has 0 aromatic carbocycles. The molecule has 4 aliphatic rings. The molecule has 0 unspecified atom stereocenters. The van der Waals surface area contributed by atoms with Crippen LogP contribution in [0.2, 0.25) is 0 Å². The van der Waals surface area contributed by atoms with Gasteiger partial charge in [-0.05, 0) is 104 Å². The number of carboxylic acids is 3. The lowest BCUT2D eigenvalue weighted by Gasteiger charge is -2.62. The molecule has 0 saturated heterocycles. The van der Waals surface area contributed by atoms with Crippen LogP contribution in [0.4, 0.5) is 0 Å². The molecule has 4 fully saturated rings. The zero-order chi connectivity index (χ0) is 23.4. The van der Waals surface area contributed by atoms with Crippen molar-refractivity contribution in [2.24, 2.45) is 58.2 Å². The van der Waals surface area contributed by atoms with Crippen molar-refractivity contribution in [1.82, 2.24) is 0 Å². The molecular formula is C26H40O6. The predicted molar refractivity (Wildman–Crippen MR) is 119 cm³/mol. The highest BCUT2D eigenvalue weighted by Gasteiger charge is 2.64. The van der Waals surface area contributed by atoms with E-state index < -0.39 is 17.9 Å². The zero-order valence-corrected chi connectivity index (χ0v) is 19.8. The van der Waals surface area contributed by atoms with Crippen LogP contribution in [0.25, 0.3) is 0 Å². The first-order valence-electron chi connectivity index (χ1n) is 12.7. The van der Waals surface area contributed by atoms with Crippen molar-refractivity contribution in [3.63, 3.8) is 0 Å². The minimum Gasteiger partial charge on any atom is -0.481 e. The van der Waals surface area contributed by atoms with Gasteiger partial charge in [0.25, 0.3) is 0 Å². The third kappa shape index (κ3) is 3.66. The first-order chi connectivity index (χ1) is 15.0. The fourth-order valence-corrected chi connectivity index (χ4v) is 9.28. The Hall–Kier alpha value is -1.59. The zero-order valence-electron chi connectivity index (χ0n) is 19.8. The fraction of sp³-hybridized carbons (Fsp3) is 0.885. The molecule has 0 radical (unpaired) electrons. The average Bonchev–Trinajstić information content (AvgIpc) is 3.07. The summed E-state index contributed by atoms with van der Waals surface area (Å²) in [6, 6.07) is 0. The number of hydrogen-bond donors (Lipinski definition) is 3. The Kier molecular flexibility index (Phi) is 6.13. The highest BCUT2D eigenvalue weighted by atomic mass is 16.4.